The Kier molecular flexibility index (Phi) is 5.93. The molecular weight excluding hydrogens is 316 g/mol. The van der Waals surface area contributed by atoms with E-state index in [1.807, 2.05) is 13.0 Å². The molecule has 3 atom stereocenters. The lowest BCUT2D eigenvalue weighted by Crippen LogP contribution is -2.52. The van der Waals surface area contributed by atoms with E-state index in [0.29, 0.717) is 17.9 Å². The standard InChI is InChI=1S/C21H32O4/c1-14-11-17(23)19-20(2,3)9-6-10-21(19,4)16(14)8-7-15(13-22)12-18(24)25-5/h11-12,16,19,22H,6-10,13H2,1-5H3. The molecule has 0 aliphatic heterocycles. The molecule has 0 amide bonds. The van der Waals surface area contributed by atoms with Crippen LogP contribution in [0.3, 0.4) is 0 Å². The Hall–Kier alpha value is -1.42. The van der Waals surface area contributed by atoms with E-state index in [9.17, 15) is 14.7 Å². The van der Waals surface area contributed by atoms with E-state index in [0.717, 1.165) is 31.3 Å². The van der Waals surface area contributed by atoms with Crippen LogP contribution < -0.4 is 0 Å². The van der Waals surface area contributed by atoms with Crippen molar-refractivity contribution in [3.8, 4) is 0 Å². The summed E-state index contributed by atoms with van der Waals surface area (Å²) in [6, 6.07) is 0. The average molecular weight is 348 g/mol. The molecule has 2 rings (SSSR count). The Balaban J connectivity index is 2.27. The van der Waals surface area contributed by atoms with Gasteiger partial charge in [0, 0.05) is 12.0 Å². The van der Waals surface area contributed by atoms with Gasteiger partial charge in [0.15, 0.2) is 5.78 Å². The molecule has 0 aromatic rings. The van der Waals surface area contributed by atoms with Gasteiger partial charge in [0.1, 0.15) is 0 Å². The molecular formula is C21H32O4. The maximum Gasteiger partial charge on any atom is 0.330 e. The van der Waals surface area contributed by atoms with E-state index in [2.05, 4.69) is 25.5 Å². The van der Waals surface area contributed by atoms with Gasteiger partial charge in [-0.25, -0.2) is 4.79 Å². The zero-order valence-electron chi connectivity index (χ0n) is 16.2. The lowest BCUT2D eigenvalue weighted by atomic mass is 9.48. The summed E-state index contributed by atoms with van der Waals surface area (Å²) < 4.78 is 4.66. The number of allylic oxidation sites excluding steroid dienone is 2. The van der Waals surface area contributed by atoms with Crippen LogP contribution in [0.4, 0.5) is 0 Å². The maximum absolute atomic E-state index is 12.8. The fraction of sp³-hybridized carbons (Fsp3) is 0.714. The van der Waals surface area contributed by atoms with Gasteiger partial charge < -0.3 is 9.84 Å². The second kappa shape index (κ2) is 7.45. The van der Waals surface area contributed by atoms with Gasteiger partial charge in [0.2, 0.25) is 0 Å². The van der Waals surface area contributed by atoms with Crippen molar-refractivity contribution in [2.24, 2.45) is 22.7 Å². The smallest absolute Gasteiger partial charge is 0.330 e. The number of ether oxygens (including phenoxy) is 1. The predicted octanol–water partition coefficient (Wildman–Crippen LogP) is 3.84. The molecule has 4 heteroatoms. The summed E-state index contributed by atoms with van der Waals surface area (Å²) in [7, 11) is 1.34. The van der Waals surface area contributed by atoms with Crippen LogP contribution in [0.25, 0.3) is 0 Å². The zero-order valence-corrected chi connectivity index (χ0v) is 16.2. The summed E-state index contributed by atoms with van der Waals surface area (Å²) >= 11 is 0. The molecule has 4 nitrogen and oxygen atoms in total. The van der Waals surface area contributed by atoms with Gasteiger partial charge >= 0.3 is 5.97 Å². The van der Waals surface area contributed by atoms with E-state index in [1.54, 1.807) is 0 Å². The monoisotopic (exact) mass is 348 g/mol. The first-order chi connectivity index (χ1) is 11.7. The van der Waals surface area contributed by atoms with Crippen molar-refractivity contribution >= 4 is 11.8 Å². The third kappa shape index (κ3) is 3.89. The quantitative estimate of drug-likeness (QED) is 0.606. The number of carbonyl (C=O) groups excluding carboxylic acids is 2. The fourth-order valence-corrected chi connectivity index (χ4v) is 5.43. The largest absolute Gasteiger partial charge is 0.466 e. The average Bonchev–Trinajstić information content (AvgIpc) is 2.51. The van der Waals surface area contributed by atoms with Gasteiger partial charge in [-0.2, -0.15) is 0 Å². The van der Waals surface area contributed by atoms with Crippen LogP contribution in [-0.4, -0.2) is 30.6 Å². The summed E-state index contributed by atoms with van der Waals surface area (Å²) in [5, 5.41) is 9.54. The number of aliphatic hydroxyl groups is 1. The van der Waals surface area contributed by atoms with Gasteiger partial charge in [0.05, 0.1) is 13.7 Å². The highest BCUT2D eigenvalue weighted by Gasteiger charge is 2.55. The van der Waals surface area contributed by atoms with E-state index < -0.39 is 5.97 Å². The van der Waals surface area contributed by atoms with E-state index in [1.165, 1.54) is 13.2 Å². The summed E-state index contributed by atoms with van der Waals surface area (Å²) in [6.45, 7) is 8.60. The first-order valence-corrected chi connectivity index (χ1v) is 9.26. The summed E-state index contributed by atoms with van der Waals surface area (Å²) in [4.78, 5) is 24.2. The zero-order chi connectivity index (χ0) is 18.8. The molecule has 3 unspecified atom stereocenters. The highest BCUT2D eigenvalue weighted by molar-refractivity contribution is 5.95. The lowest BCUT2D eigenvalue weighted by Gasteiger charge is -2.55. The number of fused-ring (bicyclic) bond motifs is 1. The van der Waals surface area contributed by atoms with Crippen molar-refractivity contribution < 1.29 is 19.4 Å². The van der Waals surface area contributed by atoms with Gasteiger partial charge in [-0.1, -0.05) is 32.8 Å². The number of methoxy groups -OCH3 is 1. The van der Waals surface area contributed by atoms with Crippen molar-refractivity contribution in [1.29, 1.82) is 0 Å². The third-order valence-corrected chi connectivity index (χ3v) is 6.46. The summed E-state index contributed by atoms with van der Waals surface area (Å²) in [5.74, 6) is 0.179. The SMILES string of the molecule is COC(=O)C=C(CO)CCC1C(C)=CC(=O)C2C(C)(C)CCCC12C. The first kappa shape index (κ1) is 19.9. The second-order valence-electron chi connectivity index (χ2n) is 8.65. The minimum atomic E-state index is -0.432. The van der Waals surface area contributed by atoms with E-state index in [-0.39, 0.29) is 29.1 Å². The number of aliphatic hydroxyl groups excluding tert-OH is 1. The van der Waals surface area contributed by atoms with E-state index >= 15 is 0 Å². The Bertz CT molecular complexity index is 599. The maximum atomic E-state index is 12.8. The minimum Gasteiger partial charge on any atom is -0.466 e. The molecule has 140 valence electrons. The van der Waals surface area contributed by atoms with Gasteiger partial charge in [-0.15, -0.1) is 0 Å². The van der Waals surface area contributed by atoms with Gasteiger partial charge in [0.25, 0.3) is 0 Å². The van der Waals surface area contributed by atoms with Crippen LogP contribution in [0, 0.1) is 22.7 Å². The van der Waals surface area contributed by atoms with Gasteiger partial charge in [-0.3, -0.25) is 4.79 Å². The molecule has 0 aromatic heterocycles. The number of carbonyl (C=O) groups is 2. The molecule has 0 radical (unpaired) electrons. The third-order valence-electron chi connectivity index (χ3n) is 6.46. The predicted molar refractivity (Wildman–Crippen MR) is 97.9 cm³/mol. The summed E-state index contributed by atoms with van der Waals surface area (Å²) in [6.07, 6.45) is 7.98. The number of hydrogen-bond donors (Lipinski definition) is 1. The number of hydrogen-bond acceptors (Lipinski definition) is 4. The van der Waals surface area contributed by atoms with Crippen LogP contribution in [-0.2, 0) is 14.3 Å². The minimum absolute atomic E-state index is 0.0151. The molecule has 0 aromatic carbocycles. The van der Waals surface area contributed by atoms with Crippen LogP contribution in [0.2, 0.25) is 0 Å². The normalized spacial score (nSPS) is 32.0. The van der Waals surface area contributed by atoms with Crippen LogP contribution in [0.1, 0.15) is 59.8 Å². The second-order valence-corrected chi connectivity index (χ2v) is 8.65. The van der Waals surface area contributed by atoms with Crippen molar-refractivity contribution in [2.45, 2.75) is 59.8 Å². The lowest BCUT2D eigenvalue weighted by molar-refractivity contribution is -0.136. The molecule has 0 heterocycles. The topological polar surface area (TPSA) is 63.6 Å². The Morgan fingerprint density at radius 3 is 2.64 bits per heavy atom. The molecule has 0 bridgehead atoms. The molecule has 2 aliphatic carbocycles. The number of esters is 1. The van der Waals surface area contributed by atoms with Crippen molar-refractivity contribution in [2.75, 3.05) is 13.7 Å². The molecule has 25 heavy (non-hydrogen) atoms. The van der Waals surface area contributed by atoms with Crippen molar-refractivity contribution in [1.82, 2.24) is 0 Å². The fourth-order valence-electron chi connectivity index (χ4n) is 5.43. The van der Waals surface area contributed by atoms with Crippen molar-refractivity contribution in [3.05, 3.63) is 23.3 Å². The highest BCUT2D eigenvalue weighted by Crippen LogP contribution is 2.59. The van der Waals surface area contributed by atoms with Gasteiger partial charge in [-0.05, 0) is 61.0 Å². The molecule has 2 aliphatic rings. The van der Waals surface area contributed by atoms with Crippen LogP contribution in [0.15, 0.2) is 23.3 Å². The molecule has 0 spiro atoms. The molecule has 1 N–H and O–H groups in total. The molecule has 1 fully saturated rings. The Labute approximate surface area is 151 Å². The molecule has 0 saturated heterocycles. The highest BCUT2D eigenvalue weighted by atomic mass is 16.5. The number of rotatable bonds is 5. The van der Waals surface area contributed by atoms with Crippen LogP contribution in [0.5, 0.6) is 0 Å². The number of ketones is 1. The van der Waals surface area contributed by atoms with Crippen molar-refractivity contribution in [3.63, 3.8) is 0 Å². The first-order valence-electron chi connectivity index (χ1n) is 9.26. The summed E-state index contributed by atoms with van der Waals surface area (Å²) in [5.41, 5.74) is 1.79. The Morgan fingerprint density at radius 2 is 2.04 bits per heavy atom. The molecule has 1 saturated carbocycles. The van der Waals surface area contributed by atoms with E-state index in [4.69, 9.17) is 0 Å². The van der Waals surface area contributed by atoms with Crippen LogP contribution >= 0.6 is 0 Å². The Morgan fingerprint density at radius 1 is 1.36 bits per heavy atom.